The first-order valence-electron chi connectivity index (χ1n) is 6.29. The lowest BCUT2D eigenvalue weighted by atomic mass is 10.3. The Kier molecular flexibility index (Phi) is 6.58. The van der Waals surface area contributed by atoms with Gasteiger partial charge in [0.15, 0.2) is 9.84 Å². The van der Waals surface area contributed by atoms with Crippen molar-refractivity contribution in [2.45, 2.75) is 4.90 Å². The van der Waals surface area contributed by atoms with Crippen LogP contribution in [0.3, 0.4) is 0 Å². The molecule has 1 rings (SSSR count). The molecule has 0 aliphatic heterocycles. The fourth-order valence-electron chi connectivity index (χ4n) is 1.40. The molecule has 1 N–H and O–H groups in total. The number of hydrogen-bond donors (Lipinski definition) is 1. The number of benzene rings is 1. The summed E-state index contributed by atoms with van der Waals surface area (Å²) in [6, 6.07) is 5.97. The van der Waals surface area contributed by atoms with Gasteiger partial charge in [-0.05, 0) is 24.3 Å². The van der Waals surface area contributed by atoms with E-state index in [0.717, 1.165) is 18.4 Å². The second-order valence-corrected chi connectivity index (χ2v) is 6.26. The average molecular weight is 327 g/mol. The van der Waals surface area contributed by atoms with Crippen molar-refractivity contribution in [1.82, 2.24) is 5.32 Å². The predicted molar refractivity (Wildman–Crippen MR) is 79.2 cm³/mol. The van der Waals surface area contributed by atoms with Crippen molar-refractivity contribution in [2.75, 3.05) is 26.5 Å². The van der Waals surface area contributed by atoms with Crippen LogP contribution in [0.15, 0.2) is 41.3 Å². The van der Waals surface area contributed by atoms with E-state index < -0.39 is 21.7 Å². The van der Waals surface area contributed by atoms with Crippen LogP contribution in [0.1, 0.15) is 0 Å². The van der Waals surface area contributed by atoms with Gasteiger partial charge in [0.1, 0.15) is 12.4 Å². The Balaban J connectivity index is 2.34. The molecule has 0 radical (unpaired) electrons. The first-order valence-corrected chi connectivity index (χ1v) is 8.19. The monoisotopic (exact) mass is 327 g/mol. The summed E-state index contributed by atoms with van der Waals surface area (Å²) in [4.78, 5) is 22.3. The van der Waals surface area contributed by atoms with Crippen molar-refractivity contribution in [2.24, 2.45) is 0 Å². The Morgan fingerprint density at radius 3 is 2.36 bits per heavy atom. The SMILES string of the molecule is COC(=O)/C=C/C(=O)NCCOc1ccc(S(C)(=O)=O)cc1. The van der Waals surface area contributed by atoms with Crippen molar-refractivity contribution >= 4 is 21.7 Å². The molecule has 1 amide bonds. The summed E-state index contributed by atoms with van der Waals surface area (Å²) in [6.45, 7) is 0.439. The summed E-state index contributed by atoms with van der Waals surface area (Å²) < 4.78 is 32.3. The zero-order valence-electron chi connectivity index (χ0n) is 12.2. The molecule has 0 atom stereocenters. The topological polar surface area (TPSA) is 98.8 Å². The number of nitrogens with one attached hydrogen (secondary N) is 1. The van der Waals surface area contributed by atoms with E-state index in [1.807, 2.05) is 0 Å². The Morgan fingerprint density at radius 2 is 1.82 bits per heavy atom. The van der Waals surface area contributed by atoms with Gasteiger partial charge in [-0.25, -0.2) is 13.2 Å². The zero-order valence-corrected chi connectivity index (χ0v) is 13.1. The van der Waals surface area contributed by atoms with Crippen LogP contribution >= 0.6 is 0 Å². The third-order valence-corrected chi connectivity index (χ3v) is 3.62. The summed E-state index contributed by atoms with van der Waals surface area (Å²) in [5.41, 5.74) is 0. The molecule has 0 saturated carbocycles. The third kappa shape index (κ3) is 6.40. The van der Waals surface area contributed by atoms with Crippen molar-refractivity contribution < 1.29 is 27.5 Å². The summed E-state index contributed by atoms with van der Waals surface area (Å²) in [5.74, 6) is -0.564. The van der Waals surface area contributed by atoms with Crippen molar-refractivity contribution in [1.29, 1.82) is 0 Å². The molecule has 22 heavy (non-hydrogen) atoms. The number of methoxy groups -OCH3 is 1. The van der Waals surface area contributed by atoms with Gasteiger partial charge in [-0.3, -0.25) is 4.79 Å². The maximum atomic E-state index is 11.3. The van der Waals surface area contributed by atoms with Crippen LogP contribution in [-0.2, 0) is 24.2 Å². The lowest BCUT2D eigenvalue weighted by Gasteiger charge is -2.07. The highest BCUT2D eigenvalue weighted by Gasteiger charge is 2.06. The first-order chi connectivity index (χ1) is 10.3. The Bertz CT molecular complexity index is 648. The molecule has 120 valence electrons. The molecule has 0 bridgehead atoms. The van der Waals surface area contributed by atoms with Gasteiger partial charge in [-0.1, -0.05) is 0 Å². The second-order valence-electron chi connectivity index (χ2n) is 4.24. The third-order valence-electron chi connectivity index (χ3n) is 2.49. The Morgan fingerprint density at radius 1 is 1.18 bits per heavy atom. The summed E-state index contributed by atoms with van der Waals surface area (Å²) >= 11 is 0. The van der Waals surface area contributed by atoms with E-state index in [1.165, 1.54) is 31.4 Å². The number of ether oxygens (including phenoxy) is 2. The van der Waals surface area contributed by atoms with E-state index in [0.29, 0.717) is 5.75 Å². The smallest absolute Gasteiger partial charge is 0.330 e. The van der Waals surface area contributed by atoms with E-state index in [9.17, 15) is 18.0 Å². The number of amides is 1. The van der Waals surface area contributed by atoms with Crippen molar-refractivity contribution in [3.63, 3.8) is 0 Å². The van der Waals surface area contributed by atoms with Gasteiger partial charge < -0.3 is 14.8 Å². The quantitative estimate of drug-likeness (QED) is 0.440. The minimum atomic E-state index is -3.23. The fourth-order valence-corrected chi connectivity index (χ4v) is 2.03. The standard InChI is InChI=1S/C14H17NO6S/c1-20-14(17)8-7-13(16)15-9-10-21-11-3-5-12(6-4-11)22(2,18)19/h3-8H,9-10H2,1-2H3,(H,15,16)/b8-7+. The van der Waals surface area contributed by atoms with Gasteiger partial charge in [0, 0.05) is 18.4 Å². The maximum absolute atomic E-state index is 11.3. The van der Waals surface area contributed by atoms with Crippen LogP contribution in [0.5, 0.6) is 5.75 Å². The zero-order chi connectivity index (χ0) is 16.6. The highest BCUT2D eigenvalue weighted by atomic mass is 32.2. The number of hydrogen-bond acceptors (Lipinski definition) is 6. The number of carbonyl (C=O) groups is 2. The molecule has 0 saturated heterocycles. The minimum absolute atomic E-state index is 0.204. The van der Waals surface area contributed by atoms with Crippen LogP contribution in [0.25, 0.3) is 0 Å². The molecular weight excluding hydrogens is 310 g/mol. The second kappa shape index (κ2) is 8.18. The van der Waals surface area contributed by atoms with Gasteiger partial charge in [-0.15, -0.1) is 0 Å². The summed E-state index contributed by atoms with van der Waals surface area (Å²) in [5, 5.41) is 2.51. The molecule has 0 fully saturated rings. The first kappa shape index (κ1) is 17.7. The highest BCUT2D eigenvalue weighted by molar-refractivity contribution is 7.90. The molecular formula is C14H17NO6S. The van der Waals surface area contributed by atoms with E-state index in [-0.39, 0.29) is 18.0 Å². The molecule has 8 heteroatoms. The normalized spacial score (nSPS) is 11.2. The van der Waals surface area contributed by atoms with E-state index in [4.69, 9.17) is 4.74 Å². The van der Waals surface area contributed by atoms with Gasteiger partial charge in [0.25, 0.3) is 0 Å². The van der Waals surface area contributed by atoms with Crippen molar-refractivity contribution in [3.05, 3.63) is 36.4 Å². The summed E-state index contributed by atoms with van der Waals surface area (Å²) in [7, 11) is -2.01. The van der Waals surface area contributed by atoms with Crippen LogP contribution in [0.4, 0.5) is 0 Å². The van der Waals surface area contributed by atoms with Gasteiger partial charge in [0.05, 0.1) is 18.6 Å². The number of sulfone groups is 1. The predicted octanol–water partition coefficient (Wildman–Crippen LogP) is 0.314. The molecule has 1 aromatic rings. The minimum Gasteiger partial charge on any atom is -0.492 e. The van der Waals surface area contributed by atoms with Crippen LogP contribution in [0.2, 0.25) is 0 Å². The molecule has 0 heterocycles. The molecule has 0 unspecified atom stereocenters. The van der Waals surface area contributed by atoms with Gasteiger partial charge in [0.2, 0.25) is 5.91 Å². The summed E-state index contributed by atoms with van der Waals surface area (Å²) in [6.07, 6.45) is 3.20. The average Bonchev–Trinajstić information content (AvgIpc) is 2.48. The van der Waals surface area contributed by atoms with Crippen LogP contribution in [-0.4, -0.2) is 46.8 Å². The van der Waals surface area contributed by atoms with Gasteiger partial charge >= 0.3 is 5.97 Å². The van der Waals surface area contributed by atoms with E-state index in [1.54, 1.807) is 0 Å². The lowest BCUT2D eigenvalue weighted by Crippen LogP contribution is -2.26. The number of esters is 1. The van der Waals surface area contributed by atoms with Crippen LogP contribution < -0.4 is 10.1 Å². The van der Waals surface area contributed by atoms with E-state index >= 15 is 0 Å². The lowest BCUT2D eigenvalue weighted by molar-refractivity contribution is -0.135. The molecule has 0 spiro atoms. The van der Waals surface area contributed by atoms with Crippen molar-refractivity contribution in [3.8, 4) is 5.75 Å². The number of rotatable bonds is 7. The highest BCUT2D eigenvalue weighted by Crippen LogP contribution is 2.15. The Hall–Kier alpha value is -2.35. The fraction of sp³-hybridized carbons (Fsp3) is 0.286. The maximum Gasteiger partial charge on any atom is 0.330 e. The largest absolute Gasteiger partial charge is 0.492 e. The molecule has 0 aromatic heterocycles. The molecule has 1 aromatic carbocycles. The molecule has 0 aliphatic carbocycles. The molecule has 7 nitrogen and oxygen atoms in total. The Labute approximate surface area is 128 Å². The van der Waals surface area contributed by atoms with Gasteiger partial charge in [-0.2, -0.15) is 0 Å². The van der Waals surface area contributed by atoms with Crippen LogP contribution in [0, 0.1) is 0 Å². The molecule has 0 aliphatic rings. The number of carbonyl (C=O) groups excluding carboxylic acids is 2. The van der Waals surface area contributed by atoms with E-state index in [2.05, 4.69) is 10.1 Å².